The van der Waals surface area contributed by atoms with Gasteiger partial charge in [-0.05, 0) is 19.9 Å². The van der Waals surface area contributed by atoms with Crippen molar-refractivity contribution in [3.8, 4) is 0 Å². The van der Waals surface area contributed by atoms with E-state index in [2.05, 4.69) is 15.5 Å². The topological polar surface area (TPSA) is 112 Å². The molecule has 0 atom stereocenters. The van der Waals surface area contributed by atoms with E-state index in [4.69, 9.17) is 5.11 Å². The number of rotatable bonds is 4. The highest BCUT2D eigenvalue weighted by Gasteiger charge is 2.27. The summed E-state index contributed by atoms with van der Waals surface area (Å²) in [6.45, 7) is 2.97. The van der Waals surface area contributed by atoms with Gasteiger partial charge in [0.25, 0.3) is 11.5 Å². The van der Waals surface area contributed by atoms with Crippen LogP contribution < -0.4 is 10.9 Å². The minimum Gasteiger partial charge on any atom is -0.481 e. The van der Waals surface area contributed by atoms with Crippen LogP contribution in [0.15, 0.2) is 16.9 Å². The zero-order valence-electron chi connectivity index (χ0n) is 9.48. The lowest BCUT2D eigenvalue weighted by molar-refractivity contribution is -0.146. The Morgan fingerprint density at radius 3 is 2.59 bits per heavy atom. The number of hydrogen-bond acceptors (Lipinski definition) is 4. The molecule has 7 nitrogen and oxygen atoms in total. The minimum absolute atomic E-state index is 0.0258. The fourth-order valence-electron chi connectivity index (χ4n) is 0.938. The first-order valence-corrected chi connectivity index (χ1v) is 4.90. The molecular formula is C10H13N3O4. The molecule has 0 saturated carbocycles. The number of carboxylic acids is 1. The Morgan fingerprint density at radius 1 is 1.47 bits per heavy atom. The molecule has 1 heterocycles. The Hall–Kier alpha value is -2.18. The third kappa shape index (κ3) is 3.40. The number of nitrogens with one attached hydrogen (secondary N) is 2. The lowest BCUT2D eigenvalue weighted by Crippen LogP contribution is -2.39. The highest BCUT2D eigenvalue weighted by atomic mass is 16.4. The van der Waals surface area contributed by atoms with E-state index in [9.17, 15) is 14.4 Å². The van der Waals surface area contributed by atoms with Crippen LogP contribution in [0.3, 0.4) is 0 Å². The van der Waals surface area contributed by atoms with Gasteiger partial charge in [0.1, 0.15) is 5.69 Å². The molecule has 0 aromatic carbocycles. The monoisotopic (exact) mass is 239 g/mol. The number of amides is 1. The van der Waals surface area contributed by atoms with Crippen LogP contribution >= 0.6 is 0 Å². The Kier molecular flexibility index (Phi) is 3.62. The summed E-state index contributed by atoms with van der Waals surface area (Å²) >= 11 is 0. The van der Waals surface area contributed by atoms with Crippen LogP contribution in [-0.2, 0) is 4.79 Å². The van der Waals surface area contributed by atoms with Gasteiger partial charge in [0.05, 0.1) is 5.41 Å². The van der Waals surface area contributed by atoms with Gasteiger partial charge >= 0.3 is 5.97 Å². The number of carbonyl (C=O) groups is 2. The van der Waals surface area contributed by atoms with Crippen LogP contribution in [-0.4, -0.2) is 33.7 Å². The van der Waals surface area contributed by atoms with Gasteiger partial charge in [-0.1, -0.05) is 0 Å². The lowest BCUT2D eigenvalue weighted by atomic mass is 9.94. The molecule has 1 amide bonds. The van der Waals surface area contributed by atoms with Gasteiger partial charge in [-0.25, -0.2) is 5.10 Å². The third-order valence-corrected chi connectivity index (χ3v) is 2.18. The molecule has 0 radical (unpaired) electrons. The summed E-state index contributed by atoms with van der Waals surface area (Å²) in [5.41, 5.74) is -1.43. The number of aromatic nitrogens is 2. The number of aliphatic carboxylic acids is 1. The summed E-state index contributed by atoms with van der Waals surface area (Å²) in [5.74, 6) is -1.54. The van der Waals surface area contributed by atoms with Gasteiger partial charge in [0.2, 0.25) is 0 Å². The summed E-state index contributed by atoms with van der Waals surface area (Å²) in [7, 11) is 0. The summed E-state index contributed by atoms with van der Waals surface area (Å²) < 4.78 is 0. The van der Waals surface area contributed by atoms with Crippen molar-refractivity contribution in [2.24, 2.45) is 5.41 Å². The smallest absolute Gasteiger partial charge is 0.310 e. The second kappa shape index (κ2) is 4.77. The predicted octanol–water partition coefficient (Wildman–Crippen LogP) is -0.390. The molecule has 0 saturated heterocycles. The van der Waals surface area contributed by atoms with Crippen molar-refractivity contribution in [2.45, 2.75) is 13.8 Å². The van der Waals surface area contributed by atoms with E-state index >= 15 is 0 Å². The molecule has 92 valence electrons. The number of nitrogens with zero attached hydrogens (tertiary/aromatic N) is 1. The number of H-pyrrole nitrogens is 1. The second-order valence-corrected chi connectivity index (χ2v) is 4.18. The number of carboxylic acid groups (broad SMARTS) is 1. The molecule has 1 rings (SSSR count). The number of aromatic amines is 1. The summed E-state index contributed by atoms with van der Waals surface area (Å²) in [4.78, 5) is 33.1. The van der Waals surface area contributed by atoms with Gasteiger partial charge in [-0.3, -0.25) is 14.4 Å². The molecule has 0 aliphatic heterocycles. The predicted molar refractivity (Wildman–Crippen MR) is 58.6 cm³/mol. The Labute approximate surface area is 96.9 Å². The molecule has 0 spiro atoms. The fraction of sp³-hybridized carbons (Fsp3) is 0.400. The average molecular weight is 239 g/mol. The molecule has 0 unspecified atom stereocenters. The highest BCUT2D eigenvalue weighted by molar-refractivity contribution is 5.92. The Balaban J connectivity index is 2.65. The molecule has 0 bridgehead atoms. The van der Waals surface area contributed by atoms with Gasteiger partial charge in [0, 0.05) is 12.6 Å². The SMILES string of the molecule is CC(C)(CNC(=O)c1ccc(=O)[nH]n1)C(=O)O. The zero-order valence-corrected chi connectivity index (χ0v) is 9.48. The van der Waals surface area contributed by atoms with Crippen LogP contribution in [0.5, 0.6) is 0 Å². The van der Waals surface area contributed by atoms with Gasteiger partial charge in [-0.2, -0.15) is 5.10 Å². The number of carbonyl (C=O) groups excluding carboxylic acids is 1. The molecule has 17 heavy (non-hydrogen) atoms. The normalized spacial score (nSPS) is 10.9. The van der Waals surface area contributed by atoms with Crippen LogP contribution in [0.1, 0.15) is 24.3 Å². The highest BCUT2D eigenvalue weighted by Crippen LogP contribution is 2.13. The quantitative estimate of drug-likeness (QED) is 0.662. The van der Waals surface area contributed by atoms with Gasteiger partial charge < -0.3 is 10.4 Å². The molecule has 0 aliphatic carbocycles. The molecule has 3 N–H and O–H groups in total. The van der Waals surface area contributed by atoms with Crippen molar-refractivity contribution >= 4 is 11.9 Å². The van der Waals surface area contributed by atoms with Crippen molar-refractivity contribution in [1.82, 2.24) is 15.5 Å². The minimum atomic E-state index is -1.06. The van der Waals surface area contributed by atoms with Crippen molar-refractivity contribution in [3.63, 3.8) is 0 Å². The fourth-order valence-corrected chi connectivity index (χ4v) is 0.938. The molecule has 1 aromatic heterocycles. The second-order valence-electron chi connectivity index (χ2n) is 4.18. The standard InChI is InChI=1S/C10H13N3O4/c1-10(2,9(16)17)5-11-8(15)6-3-4-7(14)13-12-6/h3-4H,5H2,1-2H3,(H,11,15)(H,13,14)(H,16,17). The van der Waals surface area contributed by atoms with Crippen molar-refractivity contribution in [1.29, 1.82) is 0 Å². The Bertz CT molecular complexity index is 472. The maximum atomic E-state index is 11.5. The summed E-state index contributed by atoms with van der Waals surface area (Å²) in [6.07, 6.45) is 0. The molecule has 0 fully saturated rings. The van der Waals surface area contributed by atoms with Gasteiger partial charge in [0.15, 0.2) is 0 Å². The molecule has 7 heteroatoms. The van der Waals surface area contributed by atoms with E-state index in [-0.39, 0.29) is 12.2 Å². The van der Waals surface area contributed by atoms with Crippen LogP contribution in [0, 0.1) is 5.41 Å². The first-order chi connectivity index (χ1) is 7.83. The number of hydrogen-bond donors (Lipinski definition) is 3. The van der Waals surface area contributed by atoms with E-state index in [0.717, 1.165) is 0 Å². The first-order valence-electron chi connectivity index (χ1n) is 4.90. The van der Waals surface area contributed by atoms with E-state index in [0.29, 0.717) is 0 Å². The summed E-state index contributed by atoms with van der Waals surface area (Å²) in [6, 6.07) is 2.44. The van der Waals surface area contributed by atoms with Crippen LogP contribution in [0.2, 0.25) is 0 Å². The lowest BCUT2D eigenvalue weighted by Gasteiger charge is -2.19. The maximum Gasteiger partial charge on any atom is 0.310 e. The molecular weight excluding hydrogens is 226 g/mol. The van der Waals surface area contributed by atoms with Gasteiger partial charge in [-0.15, -0.1) is 0 Å². The van der Waals surface area contributed by atoms with Crippen LogP contribution in [0.25, 0.3) is 0 Å². The van der Waals surface area contributed by atoms with E-state index < -0.39 is 22.9 Å². The van der Waals surface area contributed by atoms with Crippen molar-refractivity contribution < 1.29 is 14.7 Å². The first kappa shape index (κ1) is 12.9. The maximum absolute atomic E-state index is 11.5. The summed E-state index contributed by atoms with van der Waals surface area (Å²) in [5, 5.41) is 16.9. The molecule has 0 aliphatic rings. The van der Waals surface area contributed by atoms with Crippen molar-refractivity contribution in [2.75, 3.05) is 6.54 Å². The van der Waals surface area contributed by atoms with Crippen LogP contribution in [0.4, 0.5) is 0 Å². The largest absolute Gasteiger partial charge is 0.481 e. The van der Waals surface area contributed by atoms with E-state index in [1.165, 1.54) is 26.0 Å². The van der Waals surface area contributed by atoms with E-state index in [1.807, 2.05) is 0 Å². The third-order valence-electron chi connectivity index (χ3n) is 2.18. The Morgan fingerprint density at radius 2 is 2.12 bits per heavy atom. The average Bonchev–Trinajstić information content (AvgIpc) is 2.27. The molecule has 1 aromatic rings. The van der Waals surface area contributed by atoms with Crippen molar-refractivity contribution in [3.05, 3.63) is 28.2 Å². The zero-order chi connectivity index (χ0) is 13.1. The van der Waals surface area contributed by atoms with E-state index in [1.54, 1.807) is 0 Å².